The Balaban J connectivity index is 3.24. The molecule has 1 N–H and O–H groups in total. The van der Waals surface area contributed by atoms with E-state index in [1.165, 1.54) is 0 Å². The van der Waals surface area contributed by atoms with Crippen LogP contribution in [-0.4, -0.2) is 23.9 Å². The first-order valence-electron chi connectivity index (χ1n) is 3.57. The van der Waals surface area contributed by atoms with Crippen molar-refractivity contribution in [1.82, 2.24) is 0 Å². The fraction of sp³-hybridized carbons (Fsp3) is 0.750. The van der Waals surface area contributed by atoms with E-state index in [0.717, 1.165) is 0 Å². The molecule has 0 saturated heterocycles. The lowest BCUT2D eigenvalue weighted by Crippen LogP contribution is -2.15. The fourth-order valence-corrected chi connectivity index (χ4v) is 0.781. The number of ether oxygens (including phenoxy) is 1. The van der Waals surface area contributed by atoms with E-state index in [0.29, 0.717) is 13.0 Å². The van der Waals surface area contributed by atoms with Crippen LogP contribution in [0.5, 0.6) is 0 Å². The predicted molar refractivity (Wildman–Crippen MR) is 41.9 cm³/mol. The van der Waals surface area contributed by atoms with Gasteiger partial charge in [-0.25, -0.2) is 0 Å². The molecular weight excluding hydrogens is 128 g/mol. The Kier molecular flexibility index (Phi) is 5.26. The lowest BCUT2D eigenvalue weighted by atomic mass is 10.2. The van der Waals surface area contributed by atoms with Gasteiger partial charge in [0.15, 0.2) is 0 Å². The molecule has 0 fully saturated rings. The normalized spacial score (nSPS) is 16.3. The Morgan fingerprint density at radius 3 is 2.60 bits per heavy atom. The molecule has 0 amide bonds. The summed E-state index contributed by atoms with van der Waals surface area (Å²) in [6.07, 6.45) is 2.24. The van der Waals surface area contributed by atoms with Crippen LogP contribution < -0.4 is 0 Å². The molecule has 10 heavy (non-hydrogen) atoms. The van der Waals surface area contributed by atoms with E-state index in [-0.39, 0.29) is 12.2 Å². The van der Waals surface area contributed by atoms with Gasteiger partial charge in [-0.1, -0.05) is 6.08 Å². The molecule has 0 unspecified atom stereocenters. The maximum Gasteiger partial charge on any atom is 0.0648 e. The van der Waals surface area contributed by atoms with E-state index in [1.54, 1.807) is 13.0 Å². The van der Waals surface area contributed by atoms with Gasteiger partial charge in [-0.05, 0) is 20.3 Å². The molecule has 0 rings (SSSR count). The van der Waals surface area contributed by atoms with Crippen molar-refractivity contribution in [1.29, 1.82) is 0 Å². The molecule has 0 heterocycles. The molecule has 0 aromatic carbocycles. The van der Waals surface area contributed by atoms with E-state index in [1.807, 2.05) is 6.92 Å². The van der Waals surface area contributed by atoms with Gasteiger partial charge in [0.25, 0.3) is 0 Å². The quantitative estimate of drug-likeness (QED) is 0.590. The number of aliphatic hydroxyl groups is 1. The second kappa shape index (κ2) is 5.45. The maximum atomic E-state index is 8.92. The lowest BCUT2D eigenvalue weighted by molar-refractivity contribution is 0.0445. The second-order valence-corrected chi connectivity index (χ2v) is 2.52. The predicted octanol–water partition coefficient (Wildman–Crippen LogP) is 1.35. The Labute approximate surface area is 62.5 Å². The summed E-state index contributed by atoms with van der Waals surface area (Å²) >= 11 is 0. The summed E-state index contributed by atoms with van der Waals surface area (Å²) in [5.41, 5.74) is 0. The number of rotatable bonds is 5. The Bertz CT molecular complexity index is 89.3. The van der Waals surface area contributed by atoms with Crippen LogP contribution >= 0.6 is 0 Å². The third-order valence-electron chi connectivity index (χ3n) is 1.17. The molecule has 0 aliphatic carbocycles. The zero-order valence-corrected chi connectivity index (χ0v) is 6.71. The van der Waals surface area contributed by atoms with Crippen molar-refractivity contribution in [2.24, 2.45) is 0 Å². The molecule has 2 atom stereocenters. The van der Waals surface area contributed by atoms with Gasteiger partial charge in [-0.15, -0.1) is 6.58 Å². The van der Waals surface area contributed by atoms with Gasteiger partial charge in [0.2, 0.25) is 0 Å². The smallest absolute Gasteiger partial charge is 0.0648 e. The minimum absolute atomic E-state index is 0.123. The summed E-state index contributed by atoms with van der Waals surface area (Å²) in [6.45, 7) is 7.79. The molecule has 0 aliphatic heterocycles. The van der Waals surface area contributed by atoms with Gasteiger partial charge in [0.1, 0.15) is 0 Å². The van der Waals surface area contributed by atoms with Crippen LogP contribution in [0.1, 0.15) is 20.3 Å². The van der Waals surface area contributed by atoms with Crippen molar-refractivity contribution in [2.45, 2.75) is 32.5 Å². The van der Waals surface area contributed by atoms with E-state index >= 15 is 0 Å². The Morgan fingerprint density at radius 2 is 2.20 bits per heavy atom. The topological polar surface area (TPSA) is 29.5 Å². The summed E-state index contributed by atoms with van der Waals surface area (Å²) in [4.78, 5) is 0. The highest BCUT2D eigenvalue weighted by molar-refractivity contribution is 4.66. The molecule has 60 valence electrons. The molecule has 0 radical (unpaired) electrons. The van der Waals surface area contributed by atoms with Crippen LogP contribution in [0.2, 0.25) is 0 Å². The summed E-state index contributed by atoms with van der Waals surface area (Å²) < 4.78 is 5.22. The van der Waals surface area contributed by atoms with Crippen LogP contribution in [-0.2, 0) is 4.74 Å². The van der Waals surface area contributed by atoms with Gasteiger partial charge in [-0.2, -0.15) is 0 Å². The molecular formula is C8H16O2. The van der Waals surface area contributed by atoms with E-state index in [4.69, 9.17) is 9.84 Å². The maximum absolute atomic E-state index is 8.92. The monoisotopic (exact) mass is 144 g/mol. The molecule has 0 aromatic rings. The van der Waals surface area contributed by atoms with Gasteiger partial charge in [0, 0.05) is 0 Å². The largest absolute Gasteiger partial charge is 0.393 e. The van der Waals surface area contributed by atoms with Crippen molar-refractivity contribution >= 4 is 0 Å². The molecule has 0 spiro atoms. The fourth-order valence-electron chi connectivity index (χ4n) is 0.781. The molecule has 0 aliphatic rings. The second-order valence-electron chi connectivity index (χ2n) is 2.52. The molecule has 2 heteroatoms. The van der Waals surface area contributed by atoms with E-state index < -0.39 is 0 Å². The first-order chi connectivity index (χ1) is 4.66. The summed E-state index contributed by atoms with van der Waals surface area (Å²) in [7, 11) is 0. The SMILES string of the molecule is C=CCO[C@@H](C)C[C@H](C)O. The highest BCUT2D eigenvalue weighted by Crippen LogP contribution is 2.00. The molecule has 0 aromatic heterocycles. The molecule has 0 bridgehead atoms. The van der Waals surface area contributed by atoms with E-state index in [2.05, 4.69) is 6.58 Å². The Morgan fingerprint density at radius 1 is 1.60 bits per heavy atom. The Hall–Kier alpha value is -0.340. The number of hydrogen-bond acceptors (Lipinski definition) is 2. The minimum Gasteiger partial charge on any atom is -0.393 e. The number of aliphatic hydroxyl groups excluding tert-OH is 1. The average molecular weight is 144 g/mol. The summed E-state index contributed by atoms with van der Waals surface area (Å²) in [5, 5.41) is 8.92. The van der Waals surface area contributed by atoms with Crippen molar-refractivity contribution in [2.75, 3.05) is 6.61 Å². The summed E-state index contributed by atoms with van der Waals surface area (Å²) in [5.74, 6) is 0. The van der Waals surface area contributed by atoms with Gasteiger partial charge in [-0.3, -0.25) is 0 Å². The third kappa shape index (κ3) is 5.79. The van der Waals surface area contributed by atoms with E-state index in [9.17, 15) is 0 Å². The summed E-state index contributed by atoms with van der Waals surface area (Å²) in [6, 6.07) is 0. The average Bonchev–Trinajstić information content (AvgIpc) is 1.82. The van der Waals surface area contributed by atoms with Crippen LogP contribution in [0, 0.1) is 0 Å². The standard InChI is InChI=1S/C8H16O2/c1-4-5-10-8(3)6-7(2)9/h4,7-9H,1,5-6H2,2-3H3/t7-,8-/m0/s1. The van der Waals surface area contributed by atoms with Crippen LogP contribution in [0.4, 0.5) is 0 Å². The van der Waals surface area contributed by atoms with Crippen LogP contribution in [0.15, 0.2) is 12.7 Å². The minimum atomic E-state index is -0.278. The highest BCUT2D eigenvalue weighted by atomic mass is 16.5. The van der Waals surface area contributed by atoms with Crippen molar-refractivity contribution < 1.29 is 9.84 Å². The van der Waals surface area contributed by atoms with Gasteiger partial charge < -0.3 is 9.84 Å². The van der Waals surface area contributed by atoms with Crippen LogP contribution in [0.3, 0.4) is 0 Å². The van der Waals surface area contributed by atoms with Crippen molar-refractivity contribution in [3.63, 3.8) is 0 Å². The van der Waals surface area contributed by atoms with Gasteiger partial charge >= 0.3 is 0 Å². The first-order valence-corrected chi connectivity index (χ1v) is 3.57. The molecule has 0 saturated carbocycles. The van der Waals surface area contributed by atoms with Crippen molar-refractivity contribution in [3.8, 4) is 0 Å². The number of hydrogen-bond donors (Lipinski definition) is 1. The first kappa shape index (κ1) is 9.66. The van der Waals surface area contributed by atoms with Crippen LogP contribution in [0.25, 0.3) is 0 Å². The third-order valence-corrected chi connectivity index (χ3v) is 1.17. The zero-order chi connectivity index (χ0) is 7.98. The zero-order valence-electron chi connectivity index (χ0n) is 6.71. The lowest BCUT2D eigenvalue weighted by Gasteiger charge is -2.12. The molecule has 2 nitrogen and oxygen atoms in total. The van der Waals surface area contributed by atoms with Crippen molar-refractivity contribution in [3.05, 3.63) is 12.7 Å². The van der Waals surface area contributed by atoms with Gasteiger partial charge in [0.05, 0.1) is 18.8 Å². The highest BCUT2D eigenvalue weighted by Gasteiger charge is 2.04.